The van der Waals surface area contributed by atoms with Crippen LogP contribution < -0.4 is 4.74 Å². The second-order valence-electron chi connectivity index (χ2n) is 8.29. The zero-order valence-corrected chi connectivity index (χ0v) is 18.0. The topological polar surface area (TPSA) is 9.23 Å². The molecule has 3 aromatic carbocycles. The third kappa shape index (κ3) is 5.30. The summed E-state index contributed by atoms with van der Waals surface area (Å²) in [6.45, 7) is 6.49. The van der Waals surface area contributed by atoms with Crippen LogP contribution in [0, 0.1) is 18.2 Å². The highest BCUT2D eigenvalue weighted by molar-refractivity contribution is 5.37. The molecule has 1 unspecified atom stereocenters. The molecule has 0 N–H and O–H groups in total. The summed E-state index contributed by atoms with van der Waals surface area (Å²) in [6, 6.07) is 23.0. The van der Waals surface area contributed by atoms with Crippen molar-refractivity contribution >= 4 is 0 Å². The second-order valence-corrected chi connectivity index (χ2v) is 8.29. The van der Waals surface area contributed by atoms with Crippen molar-refractivity contribution in [3.8, 4) is 23.8 Å². The number of halogens is 1. The van der Waals surface area contributed by atoms with Crippen LogP contribution in [0.1, 0.15) is 56.2 Å². The number of benzene rings is 3. The van der Waals surface area contributed by atoms with Crippen LogP contribution in [0.4, 0.5) is 4.39 Å². The van der Waals surface area contributed by atoms with Crippen LogP contribution in [0.5, 0.6) is 11.5 Å². The van der Waals surface area contributed by atoms with Crippen molar-refractivity contribution in [3.05, 3.63) is 95.3 Å². The van der Waals surface area contributed by atoms with Gasteiger partial charge in [0.25, 0.3) is 0 Å². The summed E-state index contributed by atoms with van der Waals surface area (Å²) in [7, 11) is 0. The van der Waals surface area contributed by atoms with Crippen LogP contribution in [-0.4, -0.2) is 0 Å². The fraction of sp³-hybridized carbons (Fsp3) is 0.286. The van der Waals surface area contributed by atoms with E-state index in [-0.39, 0.29) is 17.0 Å². The Morgan fingerprint density at radius 1 is 1.00 bits per heavy atom. The maximum Gasteiger partial charge on any atom is 0.165 e. The summed E-state index contributed by atoms with van der Waals surface area (Å²) < 4.78 is 19.9. The first-order valence-electron chi connectivity index (χ1n) is 10.5. The molecule has 0 heterocycles. The molecule has 154 valence electrons. The quantitative estimate of drug-likeness (QED) is 0.353. The average Bonchev–Trinajstić information content (AvgIpc) is 2.76. The van der Waals surface area contributed by atoms with Crippen molar-refractivity contribution in [1.82, 2.24) is 0 Å². The summed E-state index contributed by atoms with van der Waals surface area (Å²) in [5, 5.41) is 0. The molecule has 1 nitrogen and oxygen atoms in total. The van der Waals surface area contributed by atoms with Gasteiger partial charge in [0.2, 0.25) is 0 Å². The molecule has 2 heteroatoms. The van der Waals surface area contributed by atoms with Crippen LogP contribution >= 0.6 is 0 Å². The number of rotatable bonds is 8. The van der Waals surface area contributed by atoms with Gasteiger partial charge in [0.15, 0.2) is 11.6 Å². The van der Waals surface area contributed by atoms with E-state index in [1.165, 1.54) is 17.2 Å². The first-order valence-corrected chi connectivity index (χ1v) is 10.5. The highest BCUT2D eigenvalue weighted by Gasteiger charge is 2.23. The number of terminal acetylenes is 1. The molecule has 0 aliphatic carbocycles. The van der Waals surface area contributed by atoms with Crippen LogP contribution in [0.2, 0.25) is 0 Å². The fourth-order valence-corrected chi connectivity index (χ4v) is 3.58. The average molecular weight is 401 g/mol. The largest absolute Gasteiger partial charge is 0.454 e. The van der Waals surface area contributed by atoms with E-state index in [1.807, 2.05) is 36.4 Å². The molecular weight excluding hydrogens is 371 g/mol. The minimum atomic E-state index is -0.360. The van der Waals surface area contributed by atoms with Crippen molar-refractivity contribution in [2.75, 3.05) is 0 Å². The number of hydrogen-bond acceptors (Lipinski definition) is 1. The van der Waals surface area contributed by atoms with Gasteiger partial charge in [-0.2, -0.15) is 0 Å². The van der Waals surface area contributed by atoms with Crippen molar-refractivity contribution in [2.24, 2.45) is 0 Å². The highest BCUT2D eigenvalue weighted by Crippen LogP contribution is 2.31. The molecule has 0 spiro atoms. The molecule has 1 atom stereocenters. The highest BCUT2D eigenvalue weighted by atomic mass is 19.1. The van der Waals surface area contributed by atoms with Gasteiger partial charge in [0.1, 0.15) is 5.75 Å². The molecule has 3 rings (SSSR count). The lowest BCUT2D eigenvalue weighted by molar-refractivity contribution is 0.441. The van der Waals surface area contributed by atoms with Gasteiger partial charge >= 0.3 is 0 Å². The maximum atomic E-state index is 14.2. The van der Waals surface area contributed by atoms with E-state index in [2.05, 4.69) is 51.0 Å². The monoisotopic (exact) mass is 400 g/mol. The zero-order valence-electron chi connectivity index (χ0n) is 18.0. The minimum Gasteiger partial charge on any atom is -0.454 e. The summed E-state index contributed by atoms with van der Waals surface area (Å²) >= 11 is 0. The Labute approximate surface area is 179 Å². The third-order valence-corrected chi connectivity index (χ3v) is 5.64. The van der Waals surface area contributed by atoms with Crippen molar-refractivity contribution in [1.29, 1.82) is 0 Å². The van der Waals surface area contributed by atoms with Gasteiger partial charge in [0.05, 0.1) is 5.41 Å². The molecule has 0 aliphatic heterocycles. The Morgan fingerprint density at radius 2 is 1.70 bits per heavy atom. The van der Waals surface area contributed by atoms with Gasteiger partial charge < -0.3 is 4.74 Å². The SMILES string of the molecule is C#CC(C)(CCCc1ccc(F)c(Oc2ccccc2)c1)c1ccc(C(C)C)cc1. The van der Waals surface area contributed by atoms with E-state index < -0.39 is 0 Å². The van der Waals surface area contributed by atoms with Crippen molar-refractivity contribution in [3.63, 3.8) is 0 Å². The molecule has 3 aromatic rings. The number of aryl methyl sites for hydroxylation is 1. The van der Waals surface area contributed by atoms with Crippen LogP contribution in [0.15, 0.2) is 72.8 Å². The lowest BCUT2D eigenvalue weighted by atomic mass is 9.78. The number of para-hydroxylation sites is 1. The normalized spacial score (nSPS) is 12.9. The summed E-state index contributed by atoms with van der Waals surface area (Å²) in [4.78, 5) is 0. The lowest BCUT2D eigenvalue weighted by Gasteiger charge is -2.25. The molecule has 0 aliphatic rings. The van der Waals surface area contributed by atoms with Crippen molar-refractivity contribution in [2.45, 2.75) is 51.4 Å². The molecule has 0 amide bonds. The molecule has 30 heavy (non-hydrogen) atoms. The second kappa shape index (κ2) is 9.63. The fourth-order valence-electron chi connectivity index (χ4n) is 3.58. The van der Waals surface area contributed by atoms with Crippen molar-refractivity contribution < 1.29 is 9.13 Å². The summed E-state index contributed by atoms with van der Waals surface area (Å²) in [5.74, 6) is 4.02. The molecule has 0 fully saturated rings. The van der Waals surface area contributed by atoms with Gasteiger partial charge in [-0.3, -0.25) is 0 Å². The standard InChI is InChI=1S/C28H29FO/c1-5-28(4,24-16-14-23(15-17-24)21(2)3)19-9-10-22-13-18-26(29)27(20-22)30-25-11-7-6-8-12-25/h1,6-8,11-18,20-21H,9-10,19H2,2-4H3. The van der Waals surface area contributed by atoms with E-state index in [0.717, 1.165) is 24.8 Å². The minimum absolute atomic E-state index is 0.252. The Morgan fingerprint density at radius 3 is 2.33 bits per heavy atom. The molecule has 0 bridgehead atoms. The van der Waals surface area contributed by atoms with E-state index >= 15 is 0 Å². The van der Waals surface area contributed by atoms with Crippen LogP contribution in [0.3, 0.4) is 0 Å². The zero-order chi connectivity index (χ0) is 21.6. The van der Waals surface area contributed by atoms with Gasteiger partial charge in [-0.1, -0.05) is 68.3 Å². The van der Waals surface area contributed by atoms with E-state index in [0.29, 0.717) is 11.7 Å². The van der Waals surface area contributed by atoms with Gasteiger partial charge in [-0.05, 0) is 73.1 Å². The molecule has 0 radical (unpaired) electrons. The first kappa shape index (κ1) is 21.7. The van der Waals surface area contributed by atoms with E-state index in [4.69, 9.17) is 11.2 Å². The van der Waals surface area contributed by atoms with E-state index in [1.54, 1.807) is 6.07 Å². The Bertz CT molecular complexity index is 999. The molecule has 0 saturated carbocycles. The number of ether oxygens (including phenoxy) is 1. The van der Waals surface area contributed by atoms with Gasteiger partial charge in [-0.25, -0.2) is 4.39 Å². The predicted octanol–water partition coefficient (Wildman–Crippen LogP) is 7.66. The summed E-state index contributed by atoms with van der Waals surface area (Å²) in [5.41, 5.74) is 3.20. The van der Waals surface area contributed by atoms with Crippen LogP contribution in [0.25, 0.3) is 0 Å². The third-order valence-electron chi connectivity index (χ3n) is 5.64. The van der Waals surface area contributed by atoms with Gasteiger partial charge in [0, 0.05) is 0 Å². The Kier molecular flexibility index (Phi) is 6.95. The maximum absolute atomic E-state index is 14.2. The van der Waals surface area contributed by atoms with Gasteiger partial charge in [-0.15, -0.1) is 6.42 Å². The predicted molar refractivity (Wildman–Crippen MR) is 123 cm³/mol. The Balaban J connectivity index is 1.66. The molecule has 0 saturated heterocycles. The number of hydrogen-bond donors (Lipinski definition) is 0. The molecule has 0 aromatic heterocycles. The smallest absolute Gasteiger partial charge is 0.165 e. The van der Waals surface area contributed by atoms with Crippen LogP contribution in [-0.2, 0) is 11.8 Å². The Hall–Kier alpha value is -3.05. The van der Waals surface area contributed by atoms with E-state index in [9.17, 15) is 4.39 Å². The first-order chi connectivity index (χ1) is 14.4. The summed E-state index contributed by atoms with van der Waals surface area (Å²) in [6.07, 6.45) is 8.50. The lowest BCUT2D eigenvalue weighted by Crippen LogP contribution is -2.19. The molecular formula is C28H29FO.